The van der Waals surface area contributed by atoms with E-state index in [1.165, 1.54) is 6.07 Å². The van der Waals surface area contributed by atoms with Crippen molar-refractivity contribution in [3.8, 4) is 23.6 Å². The second-order valence-corrected chi connectivity index (χ2v) is 6.40. The van der Waals surface area contributed by atoms with Crippen molar-refractivity contribution in [3.05, 3.63) is 78.3 Å². The molecule has 0 fully saturated rings. The summed E-state index contributed by atoms with van der Waals surface area (Å²) >= 11 is 5.81. The van der Waals surface area contributed by atoms with Gasteiger partial charge in [0.05, 0.1) is 23.7 Å². The van der Waals surface area contributed by atoms with Crippen LogP contribution in [0.5, 0.6) is 11.5 Å². The second-order valence-electron chi connectivity index (χ2n) is 5.97. The third kappa shape index (κ3) is 4.88. The molecule has 0 saturated carbocycles. The van der Waals surface area contributed by atoms with Crippen LogP contribution >= 0.6 is 11.6 Å². The normalized spacial score (nSPS) is 10.9. The molecule has 0 amide bonds. The average molecular weight is 449 g/mol. The number of nitrogens with zero attached hydrogens (tertiary/aromatic N) is 4. The number of hydrogen-bond acceptors (Lipinski definition) is 7. The number of ether oxygens (including phenoxy) is 1. The fourth-order valence-electron chi connectivity index (χ4n) is 2.48. The summed E-state index contributed by atoms with van der Waals surface area (Å²) in [5, 5.41) is 23.5. The van der Waals surface area contributed by atoms with E-state index >= 15 is 0 Å². The first-order valence-corrected chi connectivity index (χ1v) is 8.56. The van der Waals surface area contributed by atoms with Crippen molar-refractivity contribution < 1.29 is 17.9 Å². The number of aromatic nitrogens is 4. The number of nitrogens with one attached hydrogen (secondary N) is 2. The van der Waals surface area contributed by atoms with Gasteiger partial charge in [0.1, 0.15) is 23.2 Å². The number of H-pyrrole nitrogens is 2. The molecule has 0 bridgehead atoms. The molecule has 2 N–H and O–H groups in total. The molecule has 2 aromatic heterocycles. The lowest BCUT2D eigenvalue weighted by Crippen LogP contribution is -2.22. The maximum Gasteiger partial charge on any atom is 0.437 e. The molecule has 13 heteroatoms. The van der Waals surface area contributed by atoms with Gasteiger partial charge in [0, 0.05) is 5.02 Å². The summed E-state index contributed by atoms with van der Waals surface area (Å²) < 4.78 is 45.8. The third-order valence-electron chi connectivity index (χ3n) is 3.74. The molecule has 0 radical (unpaired) electrons. The van der Waals surface area contributed by atoms with Gasteiger partial charge in [-0.2, -0.15) is 28.8 Å². The molecule has 2 heterocycles. The van der Waals surface area contributed by atoms with Gasteiger partial charge in [-0.25, -0.2) is 10.1 Å². The minimum atomic E-state index is -5.06. The van der Waals surface area contributed by atoms with Crippen LogP contribution in [0.2, 0.25) is 5.02 Å². The smallest absolute Gasteiger partial charge is 0.437 e. The summed E-state index contributed by atoms with van der Waals surface area (Å²) in [5.41, 5.74) is -3.94. The first-order chi connectivity index (χ1) is 14.6. The van der Waals surface area contributed by atoms with Crippen LogP contribution in [0.15, 0.2) is 33.9 Å². The van der Waals surface area contributed by atoms with Gasteiger partial charge in [0.2, 0.25) is 5.75 Å². The zero-order valence-electron chi connectivity index (χ0n) is 15.0. The Morgan fingerprint density at radius 1 is 1.10 bits per heavy atom. The number of hydrogen-bond donors (Lipinski definition) is 2. The average Bonchev–Trinajstić information content (AvgIpc) is 2.70. The molecule has 0 unspecified atom stereocenters. The topological polar surface area (TPSA) is 148 Å². The monoisotopic (exact) mass is 448 g/mol. The molecule has 3 aromatic rings. The van der Waals surface area contributed by atoms with Crippen LogP contribution in [0.4, 0.5) is 13.2 Å². The van der Waals surface area contributed by atoms with E-state index < -0.39 is 41.0 Å². The van der Waals surface area contributed by atoms with Crippen molar-refractivity contribution >= 4 is 11.6 Å². The van der Waals surface area contributed by atoms with E-state index in [1.807, 2.05) is 5.10 Å². The summed E-state index contributed by atoms with van der Waals surface area (Å²) in [4.78, 5) is 29.3. The largest absolute Gasteiger partial charge is 0.449 e. The molecular weight excluding hydrogens is 441 g/mol. The summed E-state index contributed by atoms with van der Waals surface area (Å²) in [6.45, 7) is 0. The predicted molar refractivity (Wildman–Crippen MR) is 98.5 cm³/mol. The van der Waals surface area contributed by atoms with Crippen LogP contribution in [-0.4, -0.2) is 20.2 Å². The highest BCUT2D eigenvalue weighted by atomic mass is 35.5. The van der Waals surface area contributed by atoms with Gasteiger partial charge in [-0.05, 0) is 24.3 Å². The van der Waals surface area contributed by atoms with Gasteiger partial charge in [0.15, 0.2) is 5.69 Å². The minimum absolute atomic E-state index is 0.00500. The Morgan fingerprint density at radius 3 is 2.48 bits per heavy atom. The lowest BCUT2D eigenvalue weighted by Gasteiger charge is -2.13. The molecule has 3 rings (SSSR count). The van der Waals surface area contributed by atoms with Gasteiger partial charge < -0.3 is 9.72 Å². The molecule has 156 valence electrons. The van der Waals surface area contributed by atoms with Gasteiger partial charge in [-0.15, -0.1) is 0 Å². The first kappa shape index (κ1) is 21.5. The van der Waals surface area contributed by atoms with Gasteiger partial charge in [0.25, 0.3) is 11.1 Å². The maximum absolute atomic E-state index is 13.6. The quantitative estimate of drug-likeness (QED) is 0.623. The van der Waals surface area contributed by atoms with E-state index in [0.29, 0.717) is 0 Å². The molecule has 0 spiro atoms. The number of rotatable bonds is 4. The highest BCUT2D eigenvalue weighted by molar-refractivity contribution is 6.30. The maximum atomic E-state index is 13.6. The van der Waals surface area contributed by atoms with E-state index in [9.17, 15) is 22.8 Å². The van der Waals surface area contributed by atoms with Gasteiger partial charge in [-0.1, -0.05) is 11.6 Å². The van der Waals surface area contributed by atoms with E-state index in [1.54, 1.807) is 12.1 Å². The lowest BCUT2D eigenvalue weighted by atomic mass is 10.2. The summed E-state index contributed by atoms with van der Waals surface area (Å²) in [7, 11) is 0. The fourth-order valence-corrected chi connectivity index (χ4v) is 2.70. The third-order valence-corrected chi connectivity index (χ3v) is 3.96. The van der Waals surface area contributed by atoms with Crippen LogP contribution in [0.3, 0.4) is 0 Å². The second kappa shape index (κ2) is 8.30. The number of benzene rings is 1. The lowest BCUT2D eigenvalue weighted by molar-refractivity contribution is -0.142. The first-order valence-electron chi connectivity index (χ1n) is 8.18. The number of halogens is 4. The Labute approximate surface area is 175 Å². The number of aromatic amines is 2. The minimum Gasteiger partial charge on any atom is -0.449 e. The number of nitriles is 2. The summed E-state index contributed by atoms with van der Waals surface area (Å²) in [6, 6.07) is 7.92. The van der Waals surface area contributed by atoms with Gasteiger partial charge >= 0.3 is 6.18 Å². The standard InChI is InChI=1S/C18H8ClF3N6O3/c19-10-1-8(6-23)2-12(4-10)31-14-15(18(20,21)22)25-13(26-17(14)30)5-11-3-9(7-24)16(29)28-27-11/h1-4H,5H2,(H,28,29)(H,25,26,30). The molecule has 9 nitrogen and oxygen atoms in total. The van der Waals surface area contributed by atoms with Gasteiger partial charge in [-0.3, -0.25) is 9.59 Å². The molecule has 0 atom stereocenters. The summed E-state index contributed by atoms with van der Waals surface area (Å²) in [6.07, 6.45) is -5.48. The van der Waals surface area contributed by atoms with Crippen molar-refractivity contribution in [1.29, 1.82) is 10.5 Å². The molecule has 0 aliphatic carbocycles. The highest BCUT2D eigenvalue weighted by Gasteiger charge is 2.39. The molecule has 31 heavy (non-hydrogen) atoms. The van der Waals surface area contributed by atoms with Crippen molar-refractivity contribution in [3.63, 3.8) is 0 Å². The van der Waals surface area contributed by atoms with E-state index in [-0.39, 0.29) is 27.6 Å². The van der Waals surface area contributed by atoms with Crippen LogP contribution in [0, 0.1) is 22.7 Å². The van der Waals surface area contributed by atoms with Crippen molar-refractivity contribution in [2.24, 2.45) is 0 Å². The Balaban J connectivity index is 2.06. The van der Waals surface area contributed by atoms with Crippen LogP contribution < -0.4 is 15.9 Å². The fraction of sp³-hybridized carbons (Fsp3) is 0.111. The van der Waals surface area contributed by atoms with E-state index in [4.69, 9.17) is 26.9 Å². The summed E-state index contributed by atoms with van der Waals surface area (Å²) in [5.74, 6) is -1.85. The Morgan fingerprint density at radius 2 is 1.84 bits per heavy atom. The van der Waals surface area contributed by atoms with Crippen molar-refractivity contribution in [2.45, 2.75) is 12.6 Å². The SMILES string of the molecule is N#Cc1cc(Cl)cc(Oc2c(C(F)(F)F)nc(Cc3cc(C#N)c(=O)[nH]n3)[nH]c2=O)c1. The zero-order valence-corrected chi connectivity index (χ0v) is 15.8. The predicted octanol–water partition coefficient (Wildman–Crippen LogP) is 2.65. The van der Waals surface area contributed by atoms with Crippen LogP contribution in [0.1, 0.15) is 28.3 Å². The van der Waals surface area contributed by atoms with Crippen molar-refractivity contribution in [1.82, 2.24) is 20.2 Å². The number of alkyl halides is 3. The Bertz CT molecular complexity index is 1370. The molecule has 0 saturated heterocycles. The Kier molecular flexibility index (Phi) is 5.77. The van der Waals surface area contributed by atoms with Crippen LogP contribution in [0.25, 0.3) is 0 Å². The van der Waals surface area contributed by atoms with E-state index in [2.05, 4.69) is 15.1 Å². The zero-order chi connectivity index (χ0) is 22.8. The van der Waals surface area contributed by atoms with E-state index in [0.717, 1.165) is 18.2 Å². The molecule has 0 aliphatic heterocycles. The van der Waals surface area contributed by atoms with Crippen molar-refractivity contribution in [2.75, 3.05) is 0 Å². The molecule has 0 aliphatic rings. The molecular formula is C18H8ClF3N6O3. The molecule has 1 aromatic carbocycles. The highest BCUT2D eigenvalue weighted by Crippen LogP contribution is 2.35. The van der Waals surface area contributed by atoms with Crippen LogP contribution in [-0.2, 0) is 12.6 Å². The Hall–Kier alpha value is -4.16.